The Morgan fingerprint density at radius 3 is 2.74 bits per heavy atom. The molecule has 13 heteroatoms. The fraction of sp³-hybridized carbons (Fsp3) is 0.381. The van der Waals surface area contributed by atoms with Crippen molar-refractivity contribution in [3.05, 3.63) is 44.9 Å². The quantitative estimate of drug-likeness (QED) is 0.199. The molecule has 2 heterocycles. The summed E-state index contributed by atoms with van der Waals surface area (Å²) in [6.45, 7) is 3.10. The van der Waals surface area contributed by atoms with Crippen LogP contribution in [-0.4, -0.2) is 61.0 Å². The van der Waals surface area contributed by atoms with E-state index in [-0.39, 0.29) is 27.6 Å². The highest BCUT2D eigenvalue weighted by molar-refractivity contribution is 8.18. The zero-order chi connectivity index (χ0) is 24.7. The van der Waals surface area contributed by atoms with Crippen molar-refractivity contribution in [2.75, 3.05) is 31.7 Å². The zero-order valence-electron chi connectivity index (χ0n) is 18.6. The first-order valence-corrected chi connectivity index (χ1v) is 11.2. The number of rotatable bonds is 7. The number of carbonyl (C=O) groups is 3. The summed E-state index contributed by atoms with van der Waals surface area (Å²) in [5, 5.41) is 22.1. The number of hydrogen-bond donors (Lipinski definition) is 1. The molecule has 2 aliphatic heterocycles. The molecular weight excluding hydrogens is 466 g/mol. The number of nitro benzene ring substituents is 1. The number of amidine groups is 1. The molecule has 12 nitrogen and oxygen atoms in total. The van der Waals surface area contributed by atoms with Gasteiger partial charge in [0.25, 0.3) is 11.6 Å². The van der Waals surface area contributed by atoms with Gasteiger partial charge in [-0.1, -0.05) is 6.07 Å². The van der Waals surface area contributed by atoms with Crippen LogP contribution in [-0.2, 0) is 23.9 Å². The van der Waals surface area contributed by atoms with Crippen LogP contribution in [0.25, 0.3) is 0 Å². The highest BCUT2D eigenvalue weighted by Gasteiger charge is 2.29. The number of hydrogen-bond acceptors (Lipinski definition) is 11. The van der Waals surface area contributed by atoms with Gasteiger partial charge in [-0.15, -0.1) is 5.10 Å². The summed E-state index contributed by atoms with van der Waals surface area (Å²) in [5.41, 5.74) is 0.825. The van der Waals surface area contributed by atoms with Crippen molar-refractivity contribution in [1.82, 2.24) is 5.32 Å². The first kappa shape index (κ1) is 24.9. The van der Waals surface area contributed by atoms with Gasteiger partial charge in [0.2, 0.25) is 0 Å². The van der Waals surface area contributed by atoms with E-state index < -0.39 is 16.8 Å². The van der Waals surface area contributed by atoms with E-state index in [1.807, 2.05) is 4.90 Å². The molecule has 0 bridgehead atoms. The topological polar surface area (TPSA) is 153 Å². The van der Waals surface area contributed by atoms with Crippen molar-refractivity contribution in [1.29, 1.82) is 0 Å². The molecule has 1 N–H and O–H groups in total. The minimum atomic E-state index is -0.667. The number of methoxy groups -OCH3 is 1. The summed E-state index contributed by atoms with van der Waals surface area (Å²) in [6, 6.07) is 4.70. The van der Waals surface area contributed by atoms with Gasteiger partial charge in [0.1, 0.15) is 5.69 Å². The first-order valence-electron chi connectivity index (χ1n) is 10.4. The van der Waals surface area contributed by atoms with Crippen LogP contribution in [0.2, 0.25) is 0 Å². The van der Waals surface area contributed by atoms with Crippen molar-refractivity contribution < 1.29 is 28.8 Å². The van der Waals surface area contributed by atoms with Crippen LogP contribution in [0.3, 0.4) is 0 Å². The molecule has 180 valence electrons. The second-order valence-electron chi connectivity index (χ2n) is 7.26. The largest absolute Gasteiger partial charge is 0.466 e. The molecule has 0 spiro atoms. The Kier molecular flexibility index (Phi) is 8.35. The standard InChI is InChI=1S/C21H23N5O7S/c1-3-33-20(29)14-6-8-25(9-7-14)15-5-4-13(10-16(15)26(30)31)12-22-24-21-23-19(28)17(34-21)11-18(27)32-2/h4-5,10-12,14H,3,6-9H2,1-2H3,(H,23,24,28)/b17-11+,22-12?. The molecule has 0 aromatic heterocycles. The molecule has 1 aromatic rings. The highest BCUT2D eigenvalue weighted by atomic mass is 32.2. The molecule has 0 saturated carbocycles. The number of thioether (sulfide) groups is 1. The third-order valence-electron chi connectivity index (χ3n) is 5.11. The van der Waals surface area contributed by atoms with Gasteiger partial charge < -0.3 is 14.4 Å². The number of nitrogens with one attached hydrogen (secondary N) is 1. The lowest BCUT2D eigenvalue weighted by Gasteiger charge is -2.32. The van der Waals surface area contributed by atoms with Crippen molar-refractivity contribution in [2.24, 2.45) is 16.1 Å². The Labute approximate surface area is 199 Å². The number of nitrogens with zero attached hydrogens (tertiary/aromatic N) is 4. The van der Waals surface area contributed by atoms with Crippen LogP contribution in [0.4, 0.5) is 11.4 Å². The molecule has 0 unspecified atom stereocenters. The zero-order valence-corrected chi connectivity index (χ0v) is 19.4. The minimum Gasteiger partial charge on any atom is -0.466 e. The average Bonchev–Trinajstić information content (AvgIpc) is 3.17. The fourth-order valence-electron chi connectivity index (χ4n) is 3.44. The third-order valence-corrected chi connectivity index (χ3v) is 6.01. The maximum absolute atomic E-state index is 11.9. The van der Waals surface area contributed by atoms with Gasteiger partial charge in [-0.3, -0.25) is 25.0 Å². The maximum atomic E-state index is 11.9. The Bertz CT molecular complexity index is 1080. The van der Waals surface area contributed by atoms with Crippen LogP contribution >= 0.6 is 11.8 Å². The lowest BCUT2D eigenvalue weighted by atomic mass is 9.96. The predicted molar refractivity (Wildman–Crippen MR) is 126 cm³/mol. The lowest BCUT2D eigenvalue weighted by Crippen LogP contribution is -2.37. The second kappa shape index (κ2) is 11.4. The van der Waals surface area contributed by atoms with Crippen molar-refractivity contribution in [3.8, 4) is 0 Å². The molecule has 34 heavy (non-hydrogen) atoms. The van der Waals surface area contributed by atoms with E-state index in [1.165, 1.54) is 19.4 Å². The average molecular weight is 490 g/mol. The smallest absolute Gasteiger partial charge is 0.331 e. The van der Waals surface area contributed by atoms with Gasteiger partial charge in [-0.2, -0.15) is 5.10 Å². The van der Waals surface area contributed by atoms with E-state index in [4.69, 9.17) is 4.74 Å². The number of nitro groups is 1. The highest BCUT2D eigenvalue weighted by Crippen LogP contribution is 2.32. The van der Waals surface area contributed by atoms with Gasteiger partial charge in [0.15, 0.2) is 5.17 Å². The number of benzene rings is 1. The van der Waals surface area contributed by atoms with E-state index in [1.54, 1.807) is 19.1 Å². The summed E-state index contributed by atoms with van der Waals surface area (Å²) in [6.07, 6.45) is 3.49. The summed E-state index contributed by atoms with van der Waals surface area (Å²) < 4.78 is 9.56. The normalized spacial score (nSPS) is 19.0. The van der Waals surface area contributed by atoms with Gasteiger partial charge in [0, 0.05) is 30.8 Å². The number of anilines is 1. The number of ether oxygens (including phenoxy) is 2. The summed E-state index contributed by atoms with van der Waals surface area (Å²) >= 11 is 0.920. The summed E-state index contributed by atoms with van der Waals surface area (Å²) in [7, 11) is 1.20. The fourth-order valence-corrected chi connectivity index (χ4v) is 4.18. The summed E-state index contributed by atoms with van der Waals surface area (Å²) in [5.74, 6) is -1.59. The number of esters is 2. The molecular formula is C21H23N5O7S. The molecule has 3 rings (SSSR count). The van der Waals surface area contributed by atoms with Crippen LogP contribution in [0.5, 0.6) is 0 Å². The van der Waals surface area contributed by atoms with Crippen molar-refractivity contribution >= 4 is 52.4 Å². The van der Waals surface area contributed by atoms with Gasteiger partial charge in [-0.05, 0) is 37.6 Å². The van der Waals surface area contributed by atoms with Crippen LogP contribution < -0.4 is 10.2 Å². The SMILES string of the molecule is CCOC(=O)C1CCN(c2ccc(C=N/N=C3/NC(=O)/C(=C\C(=O)OC)S3)cc2[N+](=O)[O-])CC1. The van der Waals surface area contributed by atoms with E-state index in [9.17, 15) is 24.5 Å². The molecule has 0 radical (unpaired) electrons. The van der Waals surface area contributed by atoms with E-state index in [0.29, 0.717) is 43.8 Å². The van der Waals surface area contributed by atoms with Gasteiger partial charge >= 0.3 is 11.9 Å². The molecule has 1 amide bonds. The van der Waals surface area contributed by atoms with Crippen LogP contribution in [0, 0.1) is 16.0 Å². The Hall–Kier alpha value is -3.74. The minimum absolute atomic E-state index is 0.0852. The van der Waals surface area contributed by atoms with Crippen molar-refractivity contribution in [3.63, 3.8) is 0 Å². The Morgan fingerprint density at radius 2 is 2.09 bits per heavy atom. The third kappa shape index (κ3) is 6.19. The van der Waals surface area contributed by atoms with Crippen LogP contribution in [0.1, 0.15) is 25.3 Å². The predicted octanol–water partition coefficient (Wildman–Crippen LogP) is 1.98. The Balaban J connectivity index is 1.69. The maximum Gasteiger partial charge on any atom is 0.331 e. The van der Waals surface area contributed by atoms with E-state index in [2.05, 4.69) is 20.3 Å². The molecule has 0 atom stereocenters. The molecule has 2 fully saturated rings. The number of amides is 1. The molecule has 0 aliphatic carbocycles. The first-order chi connectivity index (χ1) is 16.3. The van der Waals surface area contributed by atoms with Gasteiger partial charge in [-0.25, -0.2) is 4.79 Å². The monoisotopic (exact) mass is 489 g/mol. The second-order valence-corrected chi connectivity index (χ2v) is 8.29. The Morgan fingerprint density at radius 1 is 1.35 bits per heavy atom. The molecule has 1 aromatic carbocycles. The van der Waals surface area contributed by atoms with Crippen molar-refractivity contribution in [2.45, 2.75) is 19.8 Å². The molecule has 2 saturated heterocycles. The number of carbonyl (C=O) groups excluding carboxylic acids is 3. The number of piperidine rings is 1. The lowest BCUT2D eigenvalue weighted by molar-refractivity contribution is -0.384. The molecule has 2 aliphatic rings. The van der Waals surface area contributed by atoms with Crippen LogP contribution in [0.15, 0.2) is 39.4 Å². The van der Waals surface area contributed by atoms with Gasteiger partial charge in [0.05, 0.1) is 35.7 Å². The van der Waals surface area contributed by atoms with E-state index in [0.717, 1.165) is 17.8 Å². The van der Waals surface area contributed by atoms with E-state index >= 15 is 0 Å². The summed E-state index contributed by atoms with van der Waals surface area (Å²) in [4.78, 5) is 48.2.